The Hall–Kier alpha value is -1.09. The molecule has 1 aromatic heterocycles. The smallest absolute Gasteiger partial charge is 0.126 e. The molecule has 0 radical (unpaired) electrons. The van der Waals surface area contributed by atoms with Gasteiger partial charge in [-0.05, 0) is 43.7 Å². The molecule has 0 amide bonds. The molecule has 0 unspecified atom stereocenters. The van der Waals surface area contributed by atoms with Gasteiger partial charge in [-0.3, -0.25) is 0 Å². The molecular formula is C13H20N2O. The van der Waals surface area contributed by atoms with Crippen molar-refractivity contribution in [3.63, 3.8) is 0 Å². The van der Waals surface area contributed by atoms with E-state index in [0.717, 1.165) is 31.1 Å². The SMILES string of the molecule is COCCC1(CNc2cccc(C)n2)CC1. The maximum atomic E-state index is 5.15. The van der Waals surface area contributed by atoms with Gasteiger partial charge < -0.3 is 10.1 Å². The van der Waals surface area contributed by atoms with Gasteiger partial charge in [0, 0.05) is 26.0 Å². The van der Waals surface area contributed by atoms with Crippen molar-refractivity contribution >= 4 is 5.82 Å². The van der Waals surface area contributed by atoms with Crippen LogP contribution in [0, 0.1) is 12.3 Å². The summed E-state index contributed by atoms with van der Waals surface area (Å²) in [7, 11) is 1.77. The number of rotatable bonds is 6. The van der Waals surface area contributed by atoms with E-state index in [-0.39, 0.29) is 0 Å². The molecule has 88 valence electrons. The van der Waals surface area contributed by atoms with Crippen LogP contribution in [0.5, 0.6) is 0 Å². The van der Waals surface area contributed by atoms with Crippen LogP contribution >= 0.6 is 0 Å². The molecule has 16 heavy (non-hydrogen) atoms. The summed E-state index contributed by atoms with van der Waals surface area (Å²) in [5.41, 5.74) is 1.54. The molecule has 0 saturated heterocycles. The molecule has 1 saturated carbocycles. The van der Waals surface area contributed by atoms with Crippen molar-refractivity contribution in [2.75, 3.05) is 25.6 Å². The predicted molar refractivity (Wildman–Crippen MR) is 65.6 cm³/mol. The highest BCUT2D eigenvalue weighted by Gasteiger charge is 2.41. The predicted octanol–water partition coefficient (Wildman–Crippen LogP) is 2.62. The summed E-state index contributed by atoms with van der Waals surface area (Å²) in [5.74, 6) is 0.990. The third-order valence-corrected chi connectivity index (χ3v) is 3.33. The lowest BCUT2D eigenvalue weighted by Gasteiger charge is -2.15. The lowest BCUT2D eigenvalue weighted by Crippen LogP contribution is -2.17. The number of methoxy groups -OCH3 is 1. The van der Waals surface area contributed by atoms with E-state index in [1.54, 1.807) is 7.11 Å². The number of aromatic nitrogens is 1. The van der Waals surface area contributed by atoms with Crippen molar-refractivity contribution < 1.29 is 4.74 Å². The zero-order valence-electron chi connectivity index (χ0n) is 10.1. The Morgan fingerprint density at radius 2 is 2.25 bits per heavy atom. The minimum absolute atomic E-state index is 0.474. The summed E-state index contributed by atoms with van der Waals surface area (Å²) in [6, 6.07) is 6.09. The normalized spacial score (nSPS) is 17.1. The van der Waals surface area contributed by atoms with E-state index in [1.807, 2.05) is 25.1 Å². The van der Waals surface area contributed by atoms with Gasteiger partial charge in [-0.2, -0.15) is 0 Å². The van der Waals surface area contributed by atoms with Crippen LogP contribution in [0.3, 0.4) is 0 Å². The lowest BCUT2D eigenvalue weighted by atomic mass is 10.0. The highest BCUT2D eigenvalue weighted by Crippen LogP contribution is 2.48. The van der Waals surface area contributed by atoms with E-state index in [1.165, 1.54) is 12.8 Å². The van der Waals surface area contributed by atoms with Gasteiger partial charge in [0.05, 0.1) is 0 Å². The second-order valence-electron chi connectivity index (χ2n) is 4.76. The molecule has 2 rings (SSSR count). The third kappa shape index (κ3) is 2.95. The van der Waals surface area contributed by atoms with Gasteiger partial charge in [-0.1, -0.05) is 6.07 Å². The Labute approximate surface area is 97.2 Å². The van der Waals surface area contributed by atoms with Crippen molar-refractivity contribution in [3.8, 4) is 0 Å². The van der Waals surface area contributed by atoms with E-state index in [4.69, 9.17) is 4.74 Å². The van der Waals surface area contributed by atoms with E-state index in [0.29, 0.717) is 5.41 Å². The highest BCUT2D eigenvalue weighted by molar-refractivity contribution is 5.35. The summed E-state index contributed by atoms with van der Waals surface area (Å²) >= 11 is 0. The molecule has 1 aliphatic rings. The number of hydrogen-bond acceptors (Lipinski definition) is 3. The molecule has 3 heteroatoms. The summed E-state index contributed by atoms with van der Waals surface area (Å²) in [6.45, 7) is 3.90. The highest BCUT2D eigenvalue weighted by atomic mass is 16.5. The van der Waals surface area contributed by atoms with E-state index in [9.17, 15) is 0 Å². The van der Waals surface area contributed by atoms with Crippen LogP contribution in [0.15, 0.2) is 18.2 Å². The van der Waals surface area contributed by atoms with Crippen LogP contribution in [0.1, 0.15) is 25.0 Å². The monoisotopic (exact) mass is 220 g/mol. The first-order chi connectivity index (χ1) is 7.74. The van der Waals surface area contributed by atoms with Gasteiger partial charge in [0.25, 0.3) is 0 Å². The quantitative estimate of drug-likeness (QED) is 0.800. The summed E-state index contributed by atoms with van der Waals surface area (Å²) in [6.07, 6.45) is 3.78. The topological polar surface area (TPSA) is 34.1 Å². The average molecular weight is 220 g/mol. The van der Waals surface area contributed by atoms with Crippen molar-refractivity contribution in [3.05, 3.63) is 23.9 Å². The number of aryl methyl sites for hydroxylation is 1. The molecule has 1 heterocycles. The first-order valence-corrected chi connectivity index (χ1v) is 5.91. The standard InChI is InChI=1S/C13H20N2O/c1-11-4-3-5-12(15-11)14-10-13(6-7-13)8-9-16-2/h3-5H,6-10H2,1-2H3,(H,14,15). The van der Waals surface area contributed by atoms with Crippen LogP contribution in [0.25, 0.3) is 0 Å². The van der Waals surface area contributed by atoms with Crippen LogP contribution < -0.4 is 5.32 Å². The number of ether oxygens (including phenoxy) is 1. The van der Waals surface area contributed by atoms with Gasteiger partial charge in [0.1, 0.15) is 5.82 Å². The minimum atomic E-state index is 0.474. The first kappa shape index (κ1) is 11.4. The molecule has 0 atom stereocenters. The van der Waals surface area contributed by atoms with Crippen LogP contribution in [0.2, 0.25) is 0 Å². The molecular weight excluding hydrogens is 200 g/mol. The number of nitrogens with zero attached hydrogens (tertiary/aromatic N) is 1. The fourth-order valence-corrected chi connectivity index (χ4v) is 1.93. The Morgan fingerprint density at radius 1 is 1.44 bits per heavy atom. The second kappa shape index (κ2) is 4.83. The van der Waals surface area contributed by atoms with E-state index in [2.05, 4.69) is 10.3 Å². The molecule has 0 spiro atoms. The number of hydrogen-bond donors (Lipinski definition) is 1. The van der Waals surface area contributed by atoms with Gasteiger partial charge in [0.15, 0.2) is 0 Å². The van der Waals surface area contributed by atoms with Crippen LogP contribution in [-0.2, 0) is 4.74 Å². The molecule has 0 aliphatic heterocycles. The molecule has 1 aromatic rings. The molecule has 1 N–H and O–H groups in total. The van der Waals surface area contributed by atoms with E-state index < -0.39 is 0 Å². The Bertz CT molecular complexity index is 348. The number of nitrogens with one attached hydrogen (secondary N) is 1. The van der Waals surface area contributed by atoms with Crippen molar-refractivity contribution in [1.29, 1.82) is 0 Å². The molecule has 1 aliphatic carbocycles. The molecule has 0 aromatic carbocycles. The van der Waals surface area contributed by atoms with Crippen molar-refractivity contribution in [2.45, 2.75) is 26.2 Å². The number of pyridine rings is 1. The molecule has 3 nitrogen and oxygen atoms in total. The van der Waals surface area contributed by atoms with E-state index >= 15 is 0 Å². The zero-order chi connectivity index (χ0) is 11.4. The number of anilines is 1. The summed E-state index contributed by atoms with van der Waals surface area (Å²) in [5, 5.41) is 3.43. The third-order valence-electron chi connectivity index (χ3n) is 3.33. The summed E-state index contributed by atoms with van der Waals surface area (Å²) < 4.78 is 5.15. The largest absolute Gasteiger partial charge is 0.385 e. The van der Waals surface area contributed by atoms with Crippen molar-refractivity contribution in [1.82, 2.24) is 4.98 Å². The Morgan fingerprint density at radius 3 is 2.88 bits per heavy atom. The van der Waals surface area contributed by atoms with Gasteiger partial charge in [-0.15, -0.1) is 0 Å². The lowest BCUT2D eigenvalue weighted by molar-refractivity contribution is 0.175. The maximum absolute atomic E-state index is 5.15. The first-order valence-electron chi connectivity index (χ1n) is 5.91. The zero-order valence-corrected chi connectivity index (χ0v) is 10.1. The second-order valence-corrected chi connectivity index (χ2v) is 4.76. The van der Waals surface area contributed by atoms with Gasteiger partial charge in [-0.25, -0.2) is 4.98 Å². The fourth-order valence-electron chi connectivity index (χ4n) is 1.93. The Kier molecular flexibility index (Phi) is 3.44. The van der Waals surface area contributed by atoms with Gasteiger partial charge in [0.2, 0.25) is 0 Å². The molecule has 1 fully saturated rings. The van der Waals surface area contributed by atoms with Crippen LogP contribution in [0.4, 0.5) is 5.82 Å². The Balaban J connectivity index is 1.83. The fraction of sp³-hybridized carbons (Fsp3) is 0.615. The van der Waals surface area contributed by atoms with Gasteiger partial charge >= 0.3 is 0 Å². The van der Waals surface area contributed by atoms with Crippen molar-refractivity contribution in [2.24, 2.45) is 5.41 Å². The average Bonchev–Trinajstić information content (AvgIpc) is 3.05. The minimum Gasteiger partial charge on any atom is -0.385 e. The summed E-state index contributed by atoms with van der Waals surface area (Å²) in [4.78, 5) is 4.44. The van der Waals surface area contributed by atoms with Crippen LogP contribution in [-0.4, -0.2) is 25.2 Å². The molecule has 0 bridgehead atoms. The maximum Gasteiger partial charge on any atom is 0.126 e.